The maximum absolute atomic E-state index is 12.5. The number of piperidine rings is 1. The topological polar surface area (TPSA) is 78.1 Å². The van der Waals surface area contributed by atoms with Crippen molar-refractivity contribution in [3.05, 3.63) is 17.5 Å². The smallest absolute Gasteiger partial charge is 0.225 e. The third-order valence-corrected chi connectivity index (χ3v) is 5.28. The number of carbonyl (C=O) groups excluding carboxylic acids is 2. The zero-order valence-electron chi connectivity index (χ0n) is 14.5. The second-order valence-electron chi connectivity index (χ2n) is 7.19. The maximum atomic E-state index is 12.5. The van der Waals surface area contributed by atoms with Gasteiger partial charge < -0.3 is 10.2 Å². The van der Waals surface area contributed by atoms with Crippen LogP contribution in [0.5, 0.6) is 0 Å². The minimum absolute atomic E-state index is 0.0433. The van der Waals surface area contributed by atoms with E-state index >= 15 is 0 Å². The van der Waals surface area contributed by atoms with Crippen molar-refractivity contribution < 1.29 is 9.59 Å². The van der Waals surface area contributed by atoms with Crippen LogP contribution in [0, 0.1) is 12.8 Å². The first-order chi connectivity index (χ1) is 11.6. The van der Waals surface area contributed by atoms with Gasteiger partial charge in [-0.25, -0.2) is 0 Å². The highest BCUT2D eigenvalue weighted by molar-refractivity contribution is 5.84. The van der Waals surface area contributed by atoms with Crippen molar-refractivity contribution in [3.63, 3.8) is 0 Å². The lowest BCUT2D eigenvalue weighted by atomic mass is 9.93. The standard InChI is InChI=1S/C18H28N4O2/c1-13-10-15(21-20-13)11-19-18(24)14-8-9-17(23)22(12-14)16-6-4-2-3-5-7-16/h10,14,16H,2-9,11-12H2,1H3,(H,19,24)(H,20,21). The lowest BCUT2D eigenvalue weighted by Crippen LogP contribution is -2.49. The molecule has 0 spiro atoms. The van der Waals surface area contributed by atoms with E-state index in [1.165, 1.54) is 25.7 Å². The van der Waals surface area contributed by atoms with Crippen molar-refractivity contribution in [2.24, 2.45) is 5.92 Å². The molecule has 1 aromatic rings. The number of hydrogen-bond donors (Lipinski definition) is 2. The van der Waals surface area contributed by atoms with Crippen LogP contribution in [-0.4, -0.2) is 39.5 Å². The average molecular weight is 332 g/mol. The maximum Gasteiger partial charge on any atom is 0.225 e. The van der Waals surface area contributed by atoms with Gasteiger partial charge in [0.05, 0.1) is 18.2 Å². The van der Waals surface area contributed by atoms with Crippen molar-refractivity contribution in [1.29, 1.82) is 0 Å². The fourth-order valence-corrected chi connectivity index (χ4v) is 3.90. The Morgan fingerprint density at radius 3 is 2.71 bits per heavy atom. The van der Waals surface area contributed by atoms with Crippen LogP contribution < -0.4 is 5.32 Å². The Hall–Kier alpha value is -1.85. The summed E-state index contributed by atoms with van der Waals surface area (Å²) in [7, 11) is 0. The third kappa shape index (κ3) is 4.16. The molecule has 132 valence electrons. The molecule has 1 aromatic heterocycles. The van der Waals surface area contributed by atoms with E-state index in [0.717, 1.165) is 24.2 Å². The zero-order valence-corrected chi connectivity index (χ0v) is 14.5. The van der Waals surface area contributed by atoms with Gasteiger partial charge in [0.25, 0.3) is 0 Å². The molecule has 2 amide bonds. The molecule has 2 aliphatic rings. The van der Waals surface area contributed by atoms with Gasteiger partial charge in [-0.1, -0.05) is 25.7 Å². The summed E-state index contributed by atoms with van der Waals surface area (Å²) in [5, 5.41) is 9.99. The largest absolute Gasteiger partial charge is 0.350 e. The van der Waals surface area contributed by atoms with Gasteiger partial charge in [-0.2, -0.15) is 5.10 Å². The Morgan fingerprint density at radius 2 is 2.04 bits per heavy atom. The van der Waals surface area contributed by atoms with Crippen molar-refractivity contribution in [1.82, 2.24) is 20.4 Å². The molecule has 1 saturated carbocycles. The number of aryl methyl sites for hydroxylation is 1. The second kappa shape index (κ2) is 7.81. The molecular formula is C18H28N4O2. The number of H-pyrrole nitrogens is 1. The molecular weight excluding hydrogens is 304 g/mol. The molecule has 6 heteroatoms. The predicted molar refractivity (Wildman–Crippen MR) is 91.1 cm³/mol. The van der Waals surface area contributed by atoms with Crippen LogP contribution in [0.3, 0.4) is 0 Å². The van der Waals surface area contributed by atoms with Crippen LogP contribution in [0.4, 0.5) is 0 Å². The number of aromatic amines is 1. The van der Waals surface area contributed by atoms with Gasteiger partial charge >= 0.3 is 0 Å². The highest BCUT2D eigenvalue weighted by Gasteiger charge is 2.34. The first-order valence-electron chi connectivity index (χ1n) is 9.21. The van der Waals surface area contributed by atoms with Crippen molar-refractivity contribution >= 4 is 11.8 Å². The number of carbonyl (C=O) groups is 2. The lowest BCUT2D eigenvalue weighted by Gasteiger charge is -2.37. The highest BCUT2D eigenvalue weighted by atomic mass is 16.2. The summed E-state index contributed by atoms with van der Waals surface area (Å²) >= 11 is 0. The van der Waals surface area contributed by atoms with Gasteiger partial charge in [-0.3, -0.25) is 14.7 Å². The molecule has 1 saturated heterocycles. The van der Waals surface area contributed by atoms with E-state index in [-0.39, 0.29) is 17.7 Å². The van der Waals surface area contributed by atoms with Crippen LogP contribution in [0.25, 0.3) is 0 Å². The summed E-state index contributed by atoms with van der Waals surface area (Å²) in [5.74, 6) is 0.182. The van der Waals surface area contributed by atoms with E-state index in [1.54, 1.807) is 0 Å². The van der Waals surface area contributed by atoms with E-state index < -0.39 is 0 Å². The molecule has 1 atom stereocenters. The minimum atomic E-state index is -0.0917. The van der Waals surface area contributed by atoms with Gasteiger partial charge in [-0.15, -0.1) is 0 Å². The van der Waals surface area contributed by atoms with E-state index in [1.807, 2.05) is 17.9 Å². The van der Waals surface area contributed by atoms with Crippen LogP contribution >= 0.6 is 0 Å². The van der Waals surface area contributed by atoms with Gasteiger partial charge in [-0.05, 0) is 32.3 Å². The lowest BCUT2D eigenvalue weighted by molar-refractivity contribution is -0.141. The van der Waals surface area contributed by atoms with Crippen LogP contribution in [-0.2, 0) is 16.1 Å². The van der Waals surface area contributed by atoms with E-state index in [2.05, 4.69) is 15.5 Å². The average Bonchev–Trinajstić information content (AvgIpc) is 2.83. The summed E-state index contributed by atoms with van der Waals surface area (Å²) in [4.78, 5) is 26.8. The Balaban J connectivity index is 1.55. The highest BCUT2D eigenvalue weighted by Crippen LogP contribution is 2.27. The molecule has 2 fully saturated rings. The monoisotopic (exact) mass is 332 g/mol. The van der Waals surface area contributed by atoms with Crippen molar-refractivity contribution in [2.45, 2.75) is 70.9 Å². The molecule has 1 aliphatic carbocycles. The van der Waals surface area contributed by atoms with Crippen molar-refractivity contribution in [3.8, 4) is 0 Å². The van der Waals surface area contributed by atoms with Crippen LogP contribution in [0.15, 0.2) is 6.07 Å². The molecule has 6 nitrogen and oxygen atoms in total. The number of nitrogens with zero attached hydrogens (tertiary/aromatic N) is 2. The fraction of sp³-hybridized carbons (Fsp3) is 0.722. The molecule has 0 aromatic carbocycles. The molecule has 24 heavy (non-hydrogen) atoms. The summed E-state index contributed by atoms with van der Waals surface area (Å²) < 4.78 is 0. The zero-order chi connectivity index (χ0) is 16.9. The molecule has 2 N–H and O–H groups in total. The van der Waals surface area contributed by atoms with Gasteiger partial charge in [0.1, 0.15) is 0 Å². The number of aromatic nitrogens is 2. The molecule has 1 unspecified atom stereocenters. The Morgan fingerprint density at radius 1 is 1.29 bits per heavy atom. The number of amides is 2. The molecule has 0 bridgehead atoms. The second-order valence-corrected chi connectivity index (χ2v) is 7.19. The van der Waals surface area contributed by atoms with Gasteiger partial charge in [0, 0.05) is 24.7 Å². The van der Waals surface area contributed by atoms with E-state index in [4.69, 9.17) is 0 Å². The number of likely N-dealkylation sites (tertiary alicyclic amines) is 1. The van der Waals surface area contributed by atoms with Crippen LogP contribution in [0.2, 0.25) is 0 Å². The van der Waals surface area contributed by atoms with E-state index in [0.29, 0.717) is 32.0 Å². The number of hydrogen-bond acceptors (Lipinski definition) is 3. The fourth-order valence-electron chi connectivity index (χ4n) is 3.90. The quantitative estimate of drug-likeness (QED) is 0.831. The number of rotatable bonds is 4. The van der Waals surface area contributed by atoms with E-state index in [9.17, 15) is 9.59 Å². The predicted octanol–water partition coefficient (Wildman–Crippen LogP) is 2.30. The Labute approximate surface area is 143 Å². The summed E-state index contributed by atoms with van der Waals surface area (Å²) in [6.45, 7) is 2.96. The normalized spacial score (nSPS) is 23.1. The first-order valence-corrected chi connectivity index (χ1v) is 9.21. The molecule has 3 rings (SSSR count). The van der Waals surface area contributed by atoms with Crippen LogP contribution in [0.1, 0.15) is 62.8 Å². The molecule has 1 aliphatic heterocycles. The number of nitrogens with one attached hydrogen (secondary N) is 2. The molecule has 0 radical (unpaired) electrons. The SMILES string of the molecule is Cc1cc(CNC(=O)C2CCC(=O)N(C3CCCCCC3)C2)n[nH]1. The Kier molecular flexibility index (Phi) is 5.53. The van der Waals surface area contributed by atoms with Gasteiger partial charge in [0.15, 0.2) is 0 Å². The summed E-state index contributed by atoms with van der Waals surface area (Å²) in [5.41, 5.74) is 1.83. The van der Waals surface area contributed by atoms with Crippen molar-refractivity contribution in [2.75, 3.05) is 6.54 Å². The Bertz CT molecular complexity index is 575. The molecule has 2 heterocycles. The minimum Gasteiger partial charge on any atom is -0.350 e. The summed E-state index contributed by atoms with van der Waals surface area (Å²) in [6, 6.07) is 2.27. The third-order valence-electron chi connectivity index (χ3n) is 5.28. The first kappa shape index (κ1) is 17.0. The van der Waals surface area contributed by atoms with Gasteiger partial charge in [0.2, 0.25) is 11.8 Å². The summed E-state index contributed by atoms with van der Waals surface area (Å²) in [6.07, 6.45) is 8.27.